The van der Waals surface area contributed by atoms with E-state index in [1.165, 1.54) is 13.2 Å². The molecule has 3 nitrogen and oxygen atoms in total. The molecule has 2 aromatic carbocycles. The van der Waals surface area contributed by atoms with Crippen LogP contribution in [0.2, 0.25) is 10.0 Å². The number of rotatable bonds is 5. The summed E-state index contributed by atoms with van der Waals surface area (Å²) >= 11 is 17.6. The van der Waals surface area contributed by atoms with E-state index in [0.717, 1.165) is 0 Å². The van der Waals surface area contributed by atoms with Gasteiger partial charge >= 0.3 is 0 Å². The normalized spacial score (nSPS) is 10.3. The Kier molecular flexibility index (Phi) is 5.34. The van der Waals surface area contributed by atoms with Gasteiger partial charge in [-0.2, -0.15) is 0 Å². The Labute approximate surface area is 137 Å². The number of hydrogen-bond acceptors (Lipinski definition) is 3. The molecule has 21 heavy (non-hydrogen) atoms. The third-order valence-corrected chi connectivity index (χ3v) is 3.75. The fraction of sp³-hybridized carbons (Fsp3) is 0.133. The Balaban J connectivity index is 2.22. The SMILES string of the molecule is COc1cc(C(=O)Cl)ccc1OCc1c(Cl)cccc1Cl. The van der Waals surface area contributed by atoms with E-state index in [1.807, 2.05) is 0 Å². The number of carbonyl (C=O) groups is 1. The number of hydrogen-bond donors (Lipinski definition) is 0. The second-order valence-corrected chi connectivity index (χ2v) is 5.29. The number of carbonyl (C=O) groups excluding carboxylic acids is 1. The van der Waals surface area contributed by atoms with E-state index < -0.39 is 5.24 Å². The molecular weight excluding hydrogens is 335 g/mol. The van der Waals surface area contributed by atoms with Crippen molar-refractivity contribution >= 4 is 40.0 Å². The molecule has 0 N–H and O–H groups in total. The van der Waals surface area contributed by atoms with Gasteiger partial charge in [0.25, 0.3) is 5.24 Å². The van der Waals surface area contributed by atoms with Gasteiger partial charge in [0, 0.05) is 21.2 Å². The summed E-state index contributed by atoms with van der Waals surface area (Å²) in [6.07, 6.45) is 0. The average Bonchev–Trinajstić information content (AvgIpc) is 2.46. The quantitative estimate of drug-likeness (QED) is 0.718. The van der Waals surface area contributed by atoms with Gasteiger partial charge in [-0.15, -0.1) is 0 Å². The molecule has 0 unspecified atom stereocenters. The minimum Gasteiger partial charge on any atom is -0.493 e. The lowest BCUT2D eigenvalue weighted by molar-refractivity contribution is 0.108. The summed E-state index contributed by atoms with van der Waals surface area (Å²) in [6.45, 7) is 0.184. The number of halogens is 3. The van der Waals surface area contributed by atoms with Gasteiger partial charge in [0.2, 0.25) is 0 Å². The molecule has 0 spiro atoms. The molecule has 0 aliphatic carbocycles. The lowest BCUT2D eigenvalue weighted by atomic mass is 10.2. The van der Waals surface area contributed by atoms with Crippen LogP contribution in [-0.4, -0.2) is 12.4 Å². The lowest BCUT2D eigenvalue weighted by Gasteiger charge is -2.13. The number of benzene rings is 2. The van der Waals surface area contributed by atoms with Crippen molar-refractivity contribution in [3.63, 3.8) is 0 Å². The number of methoxy groups -OCH3 is 1. The third kappa shape index (κ3) is 3.82. The first-order chi connectivity index (χ1) is 10.0. The first-order valence-electron chi connectivity index (χ1n) is 5.96. The van der Waals surface area contributed by atoms with Crippen molar-refractivity contribution in [2.24, 2.45) is 0 Å². The van der Waals surface area contributed by atoms with Crippen LogP contribution in [0.3, 0.4) is 0 Å². The zero-order valence-electron chi connectivity index (χ0n) is 11.0. The summed E-state index contributed by atoms with van der Waals surface area (Å²) in [5.74, 6) is 0.875. The zero-order chi connectivity index (χ0) is 15.4. The van der Waals surface area contributed by atoms with Crippen molar-refractivity contribution in [2.75, 3.05) is 7.11 Å². The highest BCUT2D eigenvalue weighted by atomic mass is 35.5. The molecular formula is C15H11Cl3O3. The summed E-state index contributed by atoms with van der Waals surface area (Å²) in [7, 11) is 1.48. The van der Waals surface area contributed by atoms with Gasteiger partial charge in [-0.05, 0) is 41.9 Å². The first-order valence-corrected chi connectivity index (χ1v) is 7.10. The Morgan fingerprint density at radius 2 is 1.76 bits per heavy atom. The highest BCUT2D eigenvalue weighted by molar-refractivity contribution is 6.67. The van der Waals surface area contributed by atoms with E-state index in [4.69, 9.17) is 44.3 Å². The highest BCUT2D eigenvalue weighted by Crippen LogP contribution is 2.31. The molecule has 0 amide bonds. The predicted molar refractivity (Wildman–Crippen MR) is 84.0 cm³/mol. The minimum atomic E-state index is -0.561. The lowest BCUT2D eigenvalue weighted by Crippen LogP contribution is -2.00. The Morgan fingerprint density at radius 1 is 1.10 bits per heavy atom. The van der Waals surface area contributed by atoms with Crippen LogP contribution in [0, 0.1) is 0 Å². The van der Waals surface area contributed by atoms with Gasteiger partial charge in [0.1, 0.15) is 6.61 Å². The summed E-state index contributed by atoms with van der Waals surface area (Å²) in [4.78, 5) is 11.1. The van der Waals surface area contributed by atoms with Crippen molar-refractivity contribution in [3.8, 4) is 11.5 Å². The van der Waals surface area contributed by atoms with Crippen LogP contribution in [0.4, 0.5) is 0 Å². The van der Waals surface area contributed by atoms with Crippen LogP contribution in [0.25, 0.3) is 0 Å². The molecule has 0 fully saturated rings. The largest absolute Gasteiger partial charge is 0.493 e. The van der Waals surface area contributed by atoms with Gasteiger partial charge in [0.05, 0.1) is 7.11 Å². The van der Waals surface area contributed by atoms with Crippen LogP contribution in [0.5, 0.6) is 11.5 Å². The minimum absolute atomic E-state index is 0.184. The van der Waals surface area contributed by atoms with E-state index in [2.05, 4.69) is 0 Å². The molecule has 0 atom stereocenters. The van der Waals surface area contributed by atoms with Crippen LogP contribution in [0.1, 0.15) is 15.9 Å². The van der Waals surface area contributed by atoms with Crippen molar-refractivity contribution in [2.45, 2.75) is 6.61 Å². The van der Waals surface area contributed by atoms with Crippen molar-refractivity contribution in [3.05, 3.63) is 57.6 Å². The van der Waals surface area contributed by atoms with Crippen molar-refractivity contribution in [1.82, 2.24) is 0 Å². The Morgan fingerprint density at radius 3 is 2.33 bits per heavy atom. The van der Waals surface area contributed by atoms with E-state index in [1.54, 1.807) is 30.3 Å². The van der Waals surface area contributed by atoms with Crippen LogP contribution >= 0.6 is 34.8 Å². The maximum absolute atomic E-state index is 11.1. The van der Waals surface area contributed by atoms with Crippen LogP contribution < -0.4 is 9.47 Å². The molecule has 0 heterocycles. The van der Waals surface area contributed by atoms with Gasteiger partial charge in [-0.1, -0.05) is 29.3 Å². The second-order valence-electron chi connectivity index (χ2n) is 4.13. The Bertz CT molecular complexity index is 651. The molecule has 6 heteroatoms. The molecule has 0 saturated heterocycles. The smallest absolute Gasteiger partial charge is 0.252 e. The maximum Gasteiger partial charge on any atom is 0.252 e. The molecule has 2 rings (SSSR count). The molecule has 110 valence electrons. The fourth-order valence-electron chi connectivity index (χ4n) is 1.73. The third-order valence-electron chi connectivity index (χ3n) is 2.82. The van der Waals surface area contributed by atoms with Crippen LogP contribution in [0.15, 0.2) is 36.4 Å². The molecule has 2 aromatic rings. The Hall–Kier alpha value is -1.42. The van der Waals surface area contributed by atoms with E-state index in [-0.39, 0.29) is 6.61 Å². The molecule has 0 radical (unpaired) electrons. The van der Waals surface area contributed by atoms with Crippen LogP contribution in [-0.2, 0) is 6.61 Å². The first kappa shape index (κ1) is 16.0. The fourth-order valence-corrected chi connectivity index (χ4v) is 2.35. The molecule has 0 bridgehead atoms. The summed E-state index contributed by atoms with van der Waals surface area (Å²) < 4.78 is 10.8. The monoisotopic (exact) mass is 344 g/mol. The second kappa shape index (κ2) is 7.03. The number of ether oxygens (including phenoxy) is 2. The highest BCUT2D eigenvalue weighted by Gasteiger charge is 2.11. The van der Waals surface area contributed by atoms with E-state index in [9.17, 15) is 4.79 Å². The average molecular weight is 346 g/mol. The molecule has 0 aromatic heterocycles. The predicted octanol–water partition coefficient (Wildman–Crippen LogP) is 4.96. The van der Waals surface area contributed by atoms with E-state index >= 15 is 0 Å². The summed E-state index contributed by atoms with van der Waals surface area (Å²) in [5, 5.41) is 0.483. The molecule has 0 aliphatic heterocycles. The summed E-state index contributed by atoms with van der Waals surface area (Å²) in [6, 6.07) is 9.91. The zero-order valence-corrected chi connectivity index (χ0v) is 13.3. The molecule has 0 saturated carbocycles. The van der Waals surface area contributed by atoms with Gasteiger partial charge in [-0.25, -0.2) is 0 Å². The molecule has 0 aliphatic rings. The standard InChI is InChI=1S/C15H11Cl3O3/c1-20-14-7-9(15(18)19)5-6-13(14)21-8-10-11(16)3-2-4-12(10)17/h2-7H,8H2,1H3. The van der Waals surface area contributed by atoms with Gasteiger partial charge < -0.3 is 9.47 Å². The van der Waals surface area contributed by atoms with E-state index in [0.29, 0.717) is 32.7 Å². The van der Waals surface area contributed by atoms with Crippen molar-refractivity contribution in [1.29, 1.82) is 0 Å². The summed E-state index contributed by atoms with van der Waals surface area (Å²) in [5.41, 5.74) is 1.01. The van der Waals surface area contributed by atoms with Crippen molar-refractivity contribution < 1.29 is 14.3 Å². The topological polar surface area (TPSA) is 35.5 Å². The van der Waals surface area contributed by atoms with Gasteiger partial charge in [0.15, 0.2) is 11.5 Å². The van der Waals surface area contributed by atoms with Gasteiger partial charge in [-0.3, -0.25) is 4.79 Å². The maximum atomic E-state index is 11.1.